The van der Waals surface area contributed by atoms with E-state index in [1.54, 1.807) is 0 Å². The number of fused-ring (bicyclic) bond motifs is 1. The van der Waals surface area contributed by atoms with E-state index >= 15 is 0 Å². The van der Waals surface area contributed by atoms with Crippen LogP contribution in [0, 0.1) is 6.92 Å². The minimum atomic E-state index is 0.0781. The molecule has 4 heterocycles. The van der Waals surface area contributed by atoms with Crippen LogP contribution in [-0.4, -0.2) is 39.9 Å². The Morgan fingerprint density at radius 1 is 1.14 bits per heavy atom. The van der Waals surface area contributed by atoms with E-state index in [1.165, 1.54) is 47.9 Å². The van der Waals surface area contributed by atoms with Gasteiger partial charge in [0.05, 0.1) is 11.7 Å². The number of aryl methyl sites for hydroxylation is 1. The number of hydrogen-bond donors (Lipinski definition) is 0. The van der Waals surface area contributed by atoms with E-state index in [1.807, 2.05) is 24.0 Å². The minimum Gasteiger partial charge on any atom is -0.372 e. The Morgan fingerprint density at radius 3 is 2.71 bits per heavy atom. The van der Waals surface area contributed by atoms with Crippen molar-refractivity contribution in [3.63, 3.8) is 0 Å². The van der Waals surface area contributed by atoms with E-state index in [9.17, 15) is 0 Å². The Balaban J connectivity index is 1.55. The number of amidine groups is 1. The molecule has 3 aliphatic heterocycles. The van der Waals surface area contributed by atoms with E-state index in [0.717, 1.165) is 17.9 Å². The minimum absolute atomic E-state index is 0.0781. The predicted molar refractivity (Wildman–Crippen MR) is 118 cm³/mol. The highest BCUT2D eigenvalue weighted by molar-refractivity contribution is 8.14. The van der Waals surface area contributed by atoms with Crippen LogP contribution in [0.5, 0.6) is 0 Å². The molecule has 3 aliphatic rings. The van der Waals surface area contributed by atoms with Crippen molar-refractivity contribution in [2.45, 2.75) is 51.2 Å². The SMILES string of the molecule is CCC1CSC2=NC(c3ccccn3)C(c3ccc(N4CCCC4)cc3C)N21. The van der Waals surface area contributed by atoms with Crippen LogP contribution in [-0.2, 0) is 0 Å². The molecule has 28 heavy (non-hydrogen) atoms. The van der Waals surface area contributed by atoms with Crippen LogP contribution in [0.1, 0.15) is 55.1 Å². The number of nitrogens with zero attached hydrogens (tertiary/aromatic N) is 4. The highest BCUT2D eigenvalue weighted by Crippen LogP contribution is 2.49. The zero-order chi connectivity index (χ0) is 19.1. The second kappa shape index (κ2) is 7.43. The Labute approximate surface area is 172 Å². The number of hydrogen-bond acceptors (Lipinski definition) is 5. The highest BCUT2D eigenvalue weighted by atomic mass is 32.2. The first-order valence-corrected chi connectivity index (χ1v) is 11.5. The molecule has 0 amide bonds. The monoisotopic (exact) mass is 392 g/mol. The van der Waals surface area contributed by atoms with Crippen molar-refractivity contribution < 1.29 is 0 Å². The van der Waals surface area contributed by atoms with Crippen LogP contribution in [0.15, 0.2) is 47.6 Å². The van der Waals surface area contributed by atoms with E-state index in [-0.39, 0.29) is 12.1 Å². The normalized spacial score (nSPS) is 26.6. The van der Waals surface area contributed by atoms with Gasteiger partial charge in [-0.15, -0.1) is 0 Å². The van der Waals surface area contributed by atoms with Crippen molar-refractivity contribution in [2.24, 2.45) is 4.99 Å². The molecular formula is C23H28N4S. The summed E-state index contributed by atoms with van der Waals surface area (Å²) in [6.45, 7) is 6.94. The Hall–Kier alpha value is -2.01. The van der Waals surface area contributed by atoms with Crippen LogP contribution in [0.3, 0.4) is 0 Å². The summed E-state index contributed by atoms with van der Waals surface area (Å²) in [4.78, 5) is 14.9. The van der Waals surface area contributed by atoms with Gasteiger partial charge in [0.15, 0.2) is 5.17 Å². The third-order valence-electron chi connectivity index (χ3n) is 6.37. The van der Waals surface area contributed by atoms with E-state index in [4.69, 9.17) is 4.99 Å². The maximum atomic E-state index is 5.15. The molecule has 0 bridgehead atoms. The number of aliphatic imine (C=N–C) groups is 1. The summed E-state index contributed by atoms with van der Waals surface area (Å²) in [6.07, 6.45) is 5.67. The fourth-order valence-corrected chi connectivity index (χ4v) is 6.19. The standard InChI is InChI=1S/C23H28N4S/c1-3-17-15-28-23-25-21(20-8-4-5-11-24-20)22(27(17)23)19-10-9-18(14-16(19)2)26-12-6-7-13-26/h4-5,8-11,14,17,21-22H,3,6-7,12-13,15H2,1-2H3. The lowest BCUT2D eigenvalue weighted by Crippen LogP contribution is -2.35. The van der Waals surface area contributed by atoms with Crippen LogP contribution < -0.4 is 4.90 Å². The molecule has 2 saturated heterocycles. The molecule has 0 N–H and O–H groups in total. The summed E-state index contributed by atoms with van der Waals surface area (Å²) in [5.41, 5.74) is 5.22. The lowest BCUT2D eigenvalue weighted by molar-refractivity contribution is 0.254. The van der Waals surface area contributed by atoms with Gasteiger partial charge in [-0.25, -0.2) is 0 Å². The number of benzene rings is 1. The van der Waals surface area contributed by atoms with Crippen molar-refractivity contribution in [3.8, 4) is 0 Å². The van der Waals surface area contributed by atoms with Crippen molar-refractivity contribution in [2.75, 3.05) is 23.7 Å². The van der Waals surface area contributed by atoms with Crippen molar-refractivity contribution in [3.05, 3.63) is 59.4 Å². The van der Waals surface area contributed by atoms with Gasteiger partial charge in [0.1, 0.15) is 6.04 Å². The number of rotatable bonds is 4. The first kappa shape index (κ1) is 18.0. The lowest BCUT2D eigenvalue weighted by Gasteiger charge is -2.33. The second-order valence-corrected chi connectivity index (χ2v) is 9.06. The summed E-state index contributed by atoms with van der Waals surface area (Å²) in [5, 5.41) is 1.20. The van der Waals surface area contributed by atoms with Gasteiger partial charge in [0, 0.05) is 36.8 Å². The van der Waals surface area contributed by atoms with E-state index in [2.05, 4.69) is 59.0 Å². The molecule has 3 unspecified atom stereocenters. The third kappa shape index (κ3) is 3.00. The van der Waals surface area contributed by atoms with Gasteiger partial charge in [-0.05, 0) is 61.6 Å². The van der Waals surface area contributed by atoms with E-state index in [0.29, 0.717) is 6.04 Å². The first-order valence-electron chi connectivity index (χ1n) is 10.5. The fraction of sp³-hybridized carbons (Fsp3) is 0.478. The number of anilines is 1. The summed E-state index contributed by atoms with van der Waals surface area (Å²) in [7, 11) is 0. The van der Waals surface area contributed by atoms with Crippen LogP contribution in [0.4, 0.5) is 5.69 Å². The Morgan fingerprint density at radius 2 is 2.00 bits per heavy atom. The topological polar surface area (TPSA) is 31.7 Å². The third-order valence-corrected chi connectivity index (χ3v) is 7.50. The molecule has 0 saturated carbocycles. The molecule has 1 aromatic heterocycles. The molecule has 4 nitrogen and oxygen atoms in total. The van der Waals surface area contributed by atoms with Crippen LogP contribution >= 0.6 is 11.8 Å². The van der Waals surface area contributed by atoms with Gasteiger partial charge in [0.25, 0.3) is 0 Å². The average Bonchev–Trinajstić information content (AvgIpc) is 3.45. The van der Waals surface area contributed by atoms with Crippen molar-refractivity contribution in [1.29, 1.82) is 0 Å². The maximum Gasteiger partial charge on any atom is 0.160 e. The zero-order valence-corrected chi connectivity index (χ0v) is 17.5. The van der Waals surface area contributed by atoms with Gasteiger partial charge >= 0.3 is 0 Å². The zero-order valence-electron chi connectivity index (χ0n) is 16.7. The molecule has 5 heteroatoms. The molecule has 0 aliphatic carbocycles. The quantitative estimate of drug-likeness (QED) is 0.735. The Bertz CT molecular complexity index is 875. The van der Waals surface area contributed by atoms with E-state index < -0.39 is 0 Å². The molecule has 2 fully saturated rings. The summed E-state index contributed by atoms with van der Waals surface area (Å²) in [5.74, 6) is 1.14. The molecule has 1 aromatic carbocycles. The van der Waals surface area contributed by atoms with Gasteiger partial charge in [-0.2, -0.15) is 0 Å². The summed E-state index contributed by atoms with van der Waals surface area (Å²) >= 11 is 1.91. The molecule has 2 aromatic rings. The molecule has 0 radical (unpaired) electrons. The van der Waals surface area contributed by atoms with Crippen LogP contribution in [0.2, 0.25) is 0 Å². The van der Waals surface area contributed by atoms with Crippen LogP contribution in [0.25, 0.3) is 0 Å². The number of thioether (sulfide) groups is 1. The number of pyridine rings is 1. The lowest BCUT2D eigenvalue weighted by atomic mass is 9.91. The maximum absolute atomic E-state index is 5.15. The first-order chi connectivity index (χ1) is 13.8. The second-order valence-electron chi connectivity index (χ2n) is 8.07. The molecular weight excluding hydrogens is 364 g/mol. The van der Waals surface area contributed by atoms with Gasteiger partial charge in [-0.3, -0.25) is 9.98 Å². The highest BCUT2D eigenvalue weighted by Gasteiger charge is 2.45. The van der Waals surface area contributed by atoms with Crippen molar-refractivity contribution in [1.82, 2.24) is 9.88 Å². The van der Waals surface area contributed by atoms with Crippen molar-refractivity contribution >= 4 is 22.6 Å². The van der Waals surface area contributed by atoms with Gasteiger partial charge in [0.2, 0.25) is 0 Å². The molecule has 3 atom stereocenters. The molecule has 146 valence electrons. The van der Waals surface area contributed by atoms with Gasteiger partial charge in [-0.1, -0.05) is 30.8 Å². The fourth-order valence-electron chi connectivity index (χ4n) is 4.85. The average molecular weight is 393 g/mol. The summed E-state index contributed by atoms with van der Waals surface area (Å²) < 4.78 is 0. The summed E-state index contributed by atoms with van der Waals surface area (Å²) in [6, 6.07) is 14.1. The molecule has 5 rings (SSSR count). The largest absolute Gasteiger partial charge is 0.372 e. The number of aromatic nitrogens is 1. The smallest absolute Gasteiger partial charge is 0.160 e. The Kier molecular flexibility index (Phi) is 4.79. The molecule has 0 spiro atoms. The van der Waals surface area contributed by atoms with Gasteiger partial charge < -0.3 is 9.80 Å². The predicted octanol–water partition coefficient (Wildman–Crippen LogP) is 4.97.